The Morgan fingerprint density at radius 2 is 2.25 bits per heavy atom. The number of halogens is 2. The molecule has 3 atom stereocenters. The summed E-state index contributed by atoms with van der Waals surface area (Å²) in [6, 6.07) is 0.599. The topological polar surface area (TPSA) is 66.1 Å². The number of hydrogen-bond acceptors (Lipinski definition) is 6. The van der Waals surface area contributed by atoms with E-state index in [4.69, 9.17) is 22.9 Å². The molecule has 2 fully saturated rings. The molecule has 5 rings (SSSR count). The monoisotopic (exact) mass is 461 g/mol. The van der Waals surface area contributed by atoms with Crippen LogP contribution in [0.15, 0.2) is 10.8 Å². The van der Waals surface area contributed by atoms with Gasteiger partial charge < -0.3 is 24.3 Å². The quantitative estimate of drug-likeness (QED) is 0.559. The standard InChI is InChI=1S/C18H18BBrClN5O2/c1-19(27)26-6-9-3-10(26)5-25(9)18-14-13-11(7-28-12(13)4-22-2)15(20)16(21)17(14)23-8-24-18/h8-10,12,27H,3-7H2,1H3/t9-,10-,12?/m1/s1. The Kier molecular flexibility index (Phi) is 4.53. The van der Waals surface area contributed by atoms with E-state index in [1.54, 1.807) is 6.33 Å². The molecule has 2 bridgehead atoms. The molecule has 4 heterocycles. The average molecular weight is 463 g/mol. The molecule has 7 nitrogen and oxygen atoms in total. The summed E-state index contributed by atoms with van der Waals surface area (Å²) >= 11 is 10.2. The van der Waals surface area contributed by atoms with Gasteiger partial charge in [0.2, 0.25) is 6.54 Å². The van der Waals surface area contributed by atoms with Crippen molar-refractivity contribution >= 4 is 51.3 Å². The summed E-state index contributed by atoms with van der Waals surface area (Å²) in [7, 11) is -0.439. The molecule has 10 heteroatoms. The lowest BCUT2D eigenvalue weighted by Crippen LogP contribution is -2.51. The lowest BCUT2D eigenvalue weighted by molar-refractivity contribution is 0.0779. The largest absolute Gasteiger partial charge is 0.437 e. The molecule has 3 aliphatic heterocycles. The van der Waals surface area contributed by atoms with Crippen LogP contribution < -0.4 is 4.90 Å². The molecule has 0 spiro atoms. The van der Waals surface area contributed by atoms with Gasteiger partial charge in [-0.15, -0.1) is 0 Å². The fraction of sp³-hybridized carbons (Fsp3) is 0.500. The third-order valence-corrected chi connectivity index (χ3v) is 7.60. The summed E-state index contributed by atoms with van der Waals surface area (Å²) in [5.74, 6) is 0.855. The van der Waals surface area contributed by atoms with Crippen molar-refractivity contribution in [1.82, 2.24) is 14.8 Å². The van der Waals surface area contributed by atoms with E-state index in [-0.39, 0.29) is 18.7 Å². The number of fused-ring (bicyclic) bond motifs is 5. The highest BCUT2D eigenvalue weighted by Gasteiger charge is 2.47. The van der Waals surface area contributed by atoms with Crippen LogP contribution in [0.5, 0.6) is 0 Å². The zero-order valence-electron chi connectivity index (χ0n) is 15.3. The molecule has 144 valence electrons. The molecule has 0 aliphatic carbocycles. The first-order valence-corrected chi connectivity index (χ1v) is 10.5. The lowest BCUT2D eigenvalue weighted by Gasteiger charge is -2.36. The molecule has 3 aliphatic rings. The molecule has 1 unspecified atom stereocenters. The van der Waals surface area contributed by atoms with Gasteiger partial charge in [-0.3, -0.25) is 0 Å². The van der Waals surface area contributed by atoms with E-state index in [9.17, 15) is 5.02 Å². The lowest BCUT2D eigenvalue weighted by atomic mass is 9.84. The van der Waals surface area contributed by atoms with Crippen LogP contribution in [0.25, 0.3) is 15.7 Å². The van der Waals surface area contributed by atoms with E-state index in [0.717, 1.165) is 46.3 Å². The van der Waals surface area contributed by atoms with Crippen LogP contribution in [0.4, 0.5) is 5.82 Å². The van der Waals surface area contributed by atoms with Crippen molar-refractivity contribution in [2.24, 2.45) is 0 Å². The number of ether oxygens (including phenoxy) is 1. The van der Waals surface area contributed by atoms with Crippen LogP contribution in [-0.4, -0.2) is 58.6 Å². The van der Waals surface area contributed by atoms with Gasteiger partial charge >= 0.3 is 7.05 Å². The van der Waals surface area contributed by atoms with Crippen molar-refractivity contribution in [1.29, 1.82) is 0 Å². The first-order chi connectivity index (χ1) is 13.5. The summed E-state index contributed by atoms with van der Waals surface area (Å²) in [5.41, 5.74) is 2.65. The molecule has 0 amide bonds. The van der Waals surface area contributed by atoms with E-state index in [0.29, 0.717) is 23.2 Å². The van der Waals surface area contributed by atoms with Gasteiger partial charge in [-0.1, -0.05) is 11.6 Å². The molecule has 2 saturated heterocycles. The normalized spacial score (nSPS) is 26.1. The third-order valence-electron chi connectivity index (χ3n) is 6.13. The van der Waals surface area contributed by atoms with Crippen LogP contribution in [0, 0.1) is 6.57 Å². The zero-order valence-corrected chi connectivity index (χ0v) is 17.6. The number of aromatic nitrogens is 2. The van der Waals surface area contributed by atoms with E-state index >= 15 is 0 Å². The minimum absolute atomic E-state index is 0.256. The maximum Gasteiger partial charge on any atom is 0.376 e. The summed E-state index contributed by atoms with van der Waals surface area (Å²) in [6.45, 7) is 11.4. The molecule has 1 aromatic heterocycles. The Morgan fingerprint density at radius 1 is 1.43 bits per heavy atom. The third kappa shape index (κ3) is 2.59. The summed E-state index contributed by atoms with van der Waals surface area (Å²) in [6.07, 6.45) is 2.26. The Morgan fingerprint density at radius 3 is 2.93 bits per heavy atom. The molecular weight excluding hydrogens is 444 g/mol. The molecule has 0 saturated carbocycles. The van der Waals surface area contributed by atoms with Gasteiger partial charge in [-0.25, -0.2) is 16.5 Å². The number of piperazine rings is 1. The molecule has 28 heavy (non-hydrogen) atoms. The number of rotatable bonds is 3. The Balaban J connectivity index is 1.67. The van der Waals surface area contributed by atoms with Crippen LogP contribution >= 0.6 is 27.5 Å². The van der Waals surface area contributed by atoms with Crippen molar-refractivity contribution in [3.63, 3.8) is 0 Å². The Bertz CT molecular complexity index is 1020. The second kappa shape index (κ2) is 6.82. The van der Waals surface area contributed by atoms with Crippen LogP contribution in [-0.2, 0) is 11.3 Å². The van der Waals surface area contributed by atoms with Gasteiger partial charge in [0.1, 0.15) is 12.1 Å². The van der Waals surface area contributed by atoms with Gasteiger partial charge in [0.25, 0.3) is 0 Å². The van der Waals surface area contributed by atoms with Crippen molar-refractivity contribution in [2.45, 2.75) is 38.0 Å². The highest BCUT2D eigenvalue weighted by molar-refractivity contribution is 9.10. The highest BCUT2D eigenvalue weighted by atomic mass is 79.9. The van der Waals surface area contributed by atoms with Gasteiger partial charge in [0, 0.05) is 40.8 Å². The SMILES string of the molecule is [C-]#[N+]CC1OCc2c(Br)c(Cl)c3ncnc(N4C[C@H]5C[C@@H]4CN5B(C)O)c3c21. The van der Waals surface area contributed by atoms with E-state index in [2.05, 4.69) is 40.5 Å². The Hall–Kier alpha value is -1.44. The smallest absolute Gasteiger partial charge is 0.376 e. The summed E-state index contributed by atoms with van der Waals surface area (Å²) in [4.78, 5) is 17.1. The van der Waals surface area contributed by atoms with Crippen molar-refractivity contribution in [2.75, 3.05) is 24.5 Å². The van der Waals surface area contributed by atoms with E-state index in [1.807, 2.05) is 6.82 Å². The minimum Gasteiger partial charge on any atom is -0.437 e. The average Bonchev–Trinajstić information content (AvgIpc) is 3.40. The van der Waals surface area contributed by atoms with Gasteiger partial charge in [0.15, 0.2) is 6.10 Å². The maximum absolute atomic E-state index is 10.0. The number of anilines is 1. The minimum atomic E-state index is -0.439. The van der Waals surface area contributed by atoms with Gasteiger partial charge in [0.05, 0.1) is 22.5 Å². The van der Waals surface area contributed by atoms with E-state index in [1.165, 1.54) is 0 Å². The number of nitrogens with zero attached hydrogens (tertiary/aromatic N) is 5. The van der Waals surface area contributed by atoms with Crippen LogP contribution in [0.3, 0.4) is 0 Å². The highest BCUT2D eigenvalue weighted by Crippen LogP contribution is 2.48. The molecule has 1 N–H and O–H groups in total. The maximum atomic E-state index is 10.0. The van der Waals surface area contributed by atoms with Crippen molar-refractivity contribution in [3.05, 3.63) is 38.4 Å². The second-order valence-corrected chi connectivity index (χ2v) is 8.78. The predicted octanol–water partition coefficient (Wildman–Crippen LogP) is 2.91. The molecule has 1 aromatic carbocycles. The van der Waals surface area contributed by atoms with Crippen LogP contribution in [0.2, 0.25) is 11.8 Å². The number of benzene rings is 1. The van der Waals surface area contributed by atoms with Crippen molar-refractivity contribution < 1.29 is 9.76 Å². The zero-order chi connectivity index (χ0) is 19.6. The first-order valence-electron chi connectivity index (χ1n) is 9.31. The van der Waals surface area contributed by atoms with Gasteiger partial charge in [-0.05, 0) is 29.2 Å². The second-order valence-electron chi connectivity index (χ2n) is 7.61. The van der Waals surface area contributed by atoms with Crippen molar-refractivity contribution in [3.8, 4) is 0 Å². The molecule has 2 aromatic rings. The Labute approximate surface area is 176 Å². The molecule has 0 radical (unpaired) electrons. The first kappa shape index (κ1) is 18.6. The van der Waals surface area contributed by atoms with E-state index < -0.39 is 7.05 Å². The molecular formula is C18H18BBrClN5O2. The van der Waals surface area contributed by atoms with Crippen LogP contribution in [0.1, 0.15) is 23.7 Å². The number of hydrogen-bond donors (Lipinski definition) is 1. The van der Waals surface area contributed by atoms with Gasteiger partial charge in [-0.2, -0.15) is 0 Å². The predicted molar refractivity (Wildman–Crippen MR) is 111 cm³/mol. The summed E-state index contributed by atoms with van der Waals surface area (Å²) < 4.78 is 6.71. The summed E-state index contributed by atoms with van der Waals surface area (Å²) in [5, 5.41) is 11.5. The fourth-order valence-electron chi connectivity index (χ4n) is 4.92. The fourth-order valence-corrected chi connectivity index (χ4v) is 5.69.